The summed E-state index contributed by atoms with van der Waals surface area (Å²) < 4.78 is 40.8. The van der Waals surface area contributed by atoms with Crippen LogP contribution in [0.25, 0.3) is 0 Å². The average molecular weight is 446 g/mol. The zero-order valence-electron chi connectivity index (χ0n) is 18.2. The maximum absolute atomic E-state index is 12.9. The molecule has 1 aliphatic heterocycles. The van der Waals surface area contributed by atoms with E-state index in [0.29, 0.717) is 36.7 Å². The molecule has 8 heteroatoms. The Morgan fingerprint density at radius 2 is 1.90 bits per heavy atom. The van der Waals surface area contributed by atoms with Gasteiger partial charge in [-0.05, 0) is 80.9 Å². The van der Waals surface area contributed by atoms with Gasteiger partial charge in [0, 0.05) is 13.1 Å². The van der Waals surface area contributed by atoms with E-state index >= 15 is 0 Å². The number of fused-ring (bicyclic) bond motifs is 1. The fourth-order valence-electron chi connectivity index (χ4n) is 3.54. The maximum atomic E-state index is 12.9. The number of anilines is 2. The van der Waals surface area contributed by atoms with Crippen molar-refractivity contribution < 1.29 is 17.9 Å². The molecule has 0 amide bonds. The highest BCUT2D eigenvalue weighted by atomic mass is 32.2. The molecule has 1 aliphatic rings. The van der Waals surface area contributed by atoms with Gasteiger partial charge in [-0.1, -0.05) is 6.08 Å². The van der Waals surface area contributed by atoms with E-state index in [2.05, 4.69) is 23.2 Å². The Labute approximate surface area is 185 Å². The van der Waals surface area contributed by atoms with Gasteiger partial charge in [0.2, 0.25) is 0 Å². The van der Waals surface area contributed by atoms with Gasteiger partial charge in [-0.2, -0.15) is 8.42 Å². The first kappa shape index (κ1) is 23.0. The standard InChI is InChI=1S/C23H31N3O4S/c1-4-14-25(2)15-5-6-17-30-22-11-12-23-19(18-22)13-16-26(23)31(27,28)24-20-7-9-21(29-3)10-8-20/h4,7-12,18,24H,1,5-6,13-17H2,2-3H3. The van der Waals surface area contributed by atoms with Crippen LogP contribution in [-0.2, 0) is 16.6 Å². The minimum atomic E-state index is -3.71. The number of nitrogens with one attached hydrogen (secondary N) is 1. The van der Waals surface area contributed by atoms with Gasteiger partial charge >= 0.3 is 10.2 Å². The van der Waals surface area contributed by atoms with E-state index < -0.39 is 10.2 Å². The van der Waals surface area contributed by atoms with Gasteiger partial charge in [0.15, 0.2) is 0 Å². The first-order chi connectivity index (χ1) is 14.9. The van der Waals surface area contributed by atoms with Crippen LogP contribution < -0.4 is 18.5 Å². The Morgan fingerprint density at radius 1 is 1.16 bits per heavy atom. The van der Waals surface area contributed by atoms with E-state index in [9.17, 15) is 8.42 Å². The fourth-order valence-corrected chi connectivity index (χ4v) is 4.85. The lowest BCUT2D eigenvalue weighted by molar-refractivity contribution is 0.287. The molecular formula is C23H31N3O4S. The Kier molecular flexibility index (Phi) is 7.81. The van der Waals surface area contributed by atoms with E-state index in [-0.39, 0.29) is 0 Å². The van der Waals surface area contributed by atoms with Crippen LogP contribution in [0.15, 0.2) is 55.1 Å². The minimum absolute atomic E-state index is 0.403. The van der Waals surface area contributed by atoms with Crippen molar-refractivity contribution in [2.45, 2.75) is 19.3 Å². The molecule has 0 saturated carbocycles. The van der Waals surface area contributed by atoms with Crippen LogP contribution in [0.2, 0.25) is 0 Å². The minimum Gasteiger partial charge on any atom is -0.497 e. The van der Waals surface area contributed by atoms with Crippen molar-refractivity contribution in [1.29, 1.82) is 0 Å². The summed E-state index contributed by atoms with van der Waals surface area (Å²) in [6, 6.07) is 12.4. The molecule has 2 aromatic rings. The van der Waals surface area contributed by atoms with Gasteiger partial charge in [0.1, 0.15) is 11.5 Å². The highest BCUT2D eigenvalue weighted by molar-refractivity contribution is 7.94. The van der Waals surface area contributed by atoms with Crippen molar-refractivity contribution in [2.24, 2.45) is 0 Å². The summed E-state index contributed by atoms with van der Waals surface area (Å²) >= 11 is 0. The molecule has 1 heterocycles. The van der Waals surface area contributed by atoms with Crippen molar-refractivity contribution in [2.75, 3.05) is 49.4 Å². The van der Waals surface area contributed by atoms with Gasteiger partial charge in [-0.25, -0.2) is 0 Å². The lowest BCUT2D eigenvalue weighted by atomic mass is 10.1. The third-order valence-corrected chi connectivity index (χ3v) is 6.63. The van der Waals surface area contributed by atoms with E-state index in [4.69, 9.17) is 9.47 Å². The van der Waals surface area contributed by atoms with Gasteiger partial charge < -0.3 is 14.4 Å². The van der Waals surface area contributed by atoms with Crippen molar-refractivity contribution in [1.82, 2.24) is 4.90 Å². The Hall–Kier alpha value is -2.71. The molecule has 0 aliphatic carbocycles. The van der Waals surface area contributed by atoms with E-state index in [0.717, 1.165) is 37.2 Å². The molecule has 0 bridgehead atoms. The monoisotopic (exact) mass is 445 g/mol. The van der Waals surface area contributed by atoms with Crippen LogP contribution in [0.4, 0.5) is 11.4 Å². The molecule has 31 heavy (non-hydrogen) atoms. The van der Waals surface area contributed by atoms with Crippen molar-refractivity contribution in [3.05, 3.63) is 60.7 Å². The van der Waals surface area contributed by atoms with Crippen LogP contribution in [0.1, 0.15) is 18.4 Å². The summed E-state index contributed by atoms with van der Waals surface area (Å²) in [6.45, 7) is 6.68. The number of rotatable bonds is 12. The molecule has 0 fully saturated rings. The SMILES string of the molecule is C=CCN(C)CCCCOc1ccc2c(c1)CCN2S(=O)(=O)Nc1ccc(OC)cc1. The second-order valence-electron chi connectivity index (χ2n) is 7.55. The number of nitrogens with zero attached hydrogens (tertiary/aromatic N) is 2. The number of ether oxygens (including phenoxy) is 2. The van der Waals surface area contributed by atoms with Crippen LogP contribution in [0, 0.1) is 0 Å². The predicted octanol–water partition coefficient (Wildman–Crippen LogP) is 3.69. The fraction of sp³-hybridized carbons (Fsp3) is 0.391. The molecule has 0 saturated heterocycles. The summed E-state index contributed by atoms with van der Waals surface area (Å²) in [6.07, 6.45) is 4.57. The third-order valence-electron chi connectivity index (χ3n) is 5.17. The smallest absolute Gasteiger partial charge is 0.323 e. The number of hydrogen-bond donors (Lipinski definition) is 1. The summed E-state index contributed by atoms with van der Waals surface area (Å²) in [5, 5.41) is 0. The molecule has 2 aromatic carbocycles. The number of methoxy groups -OCH3 is 1. The molecule has 0 atom stereocenters. The molecule has 3 rings (SSSR count). The maximum Gasteiger partial charge on any atom is 0.323 e. The van der Waals surface area contributed by atoms with E-state index in [1.54, 1.807) is 31.4 Å². The highest BCUT2D eigenvalue weighted by Crippen LogP contribution is 2.33. The van der Waals surface area contributed by atoms with Gasteiger partial charge in [-0.3, -0.25) is 9.03 Å². The number of likely N-dealkylation sites (N-methyl/N-ethyl adjacent to an activating group) is 1. The molecule has 168 valence electrons. The second-order valence-corrected chi connectivity index (χ2v) is 9.15. The molecule has 1 N–H and O–H groups in total. The predicted molar refractivity (Wildman–Crippen MR) is 125 cm³/mol. The van der Waals surface area contributed by atoms with Gasteiger partial charge in [0.05, 0.1) is 25.1 Å². The molecular weight excluding hydrogens is 414 g/mol. The summed E-state index contributed by atoms with van der Waals surface area (Å²) in [5.41, 5.74) is 2.16. The number of benzene rings is 2. The zero-order chi connectivity index (χ0) is 22.3. The van der Waals surface area contributed by atoms with E-state index in [1.165, 1.54) is 4.31 Å². The molecule has 0 unspecified atom stereocenters. The van der Waals surface area contributed by atoms with E-state index in [1.807, 2.05) is 24.3 Å². The normalized spacial score (nSPS) is 13.2. The Morgan fingerprint density at radius 3 is 2.61 bits per heavy atom. The highest BCUT2D eigenvalue weighted by Gasteiger charge is 2.29. The molecule has 0 spiro atoms. The van der Waals surface area contributed by atoms with Crippen molar-refractivity contribution in [3.63, 3.8) is 0 Å². The summed E-state index contributed by atoms with van der Waals surface area (Å²) in [4.78, 5) is 2.22. The molecule has 0 radical (unpaired) electrons. The lowest BCUT2D eigenvalue weighted by Gasteiger charge is -2.20. The molecule has 0 aromatic heterocycles. The number of unbranched alkanes of at least 4 members (excludes halogenated alkanes) is 1. The van der Waals surface area contributed by atoms with Crippen molar-refractivity contribution in [3.8, 4) is 11.5 Å². The lowest BCUT2D eigenvalue weighted by Crippen LogP contribution is -2.34. The average Bonchev–Trinajstić information content (AvgIpc) is 3.18. The quantitative estimate of drug-likeness (QED) is 0.399. The van der Waals surface area contributed by atoms with Crippen LogP contribution >= 0.6 is 0 Å². The first-order valence-corrected chi connectivity index (χ1v) is 11.9. The van der Waals surface area contributed by atoms with Gasteiger partial charge in [0.25, 0.3) is 0 Å². The largest absolute Gasteiger partial charge is 0.497 e. The summed E-state index contributed by atoms with van der Waals surface area (Å²) in [7, 11) is -0.0597. The second kappa shape index (κ2) is 10.5. The number of hydrogen-bond acceptors (Lipinski definition) is 5. The Balaban J connectivity index is 1.56. The Bertz CT molecular complexity index is 977. The van der Waals surface area contributed by atoms with Crippen LogP contribution in [-0.4, -0.2) is 53.7 Å². The zero-order valence-corrected chi connectivity index (χ0v) is 19.0. The van der Waals surface area contributed by atoms with Gasteiger partial charge in [-0.15, -0.1) is 6.58 Å². The van der Waals surface area contributed by atoms with Crippen LogP contribution in [0.5, 0.6) is 11.5 Å². The molecule has 7 nitrogen and oxygen atoms in total. The van der Waals surface area contributed by atoms with Crippen LogP contribution in [0.3, 0.4) is 0 Å². The van der Waals surface area contributed by atoms with Crippen molar-refractivity contribution >= 4 is 21.6 Å². The first-order valence-electron chi connectivity index (χ1n) is 10.4. The summed E-state index contributed by atoms with van der Waals surface area (Å²) in [5.74, 6) is 1.45. The topological polar surface area (TPSA) is 71.1 Å². The third kappa shape index (κ3) is 6.15.